The van der Waals surface area contributed by atoms with E-state index in [9.17, 15) is 9.59 Å². The number of carbonyl (C=O) groups is 2. The van der Waals surface area contributed by atoms with E-state index in [-0.39, 0.29) is 17.3 Å². The molecule has 0 unspecified atom stereocenters. The topological polar surface area (TPSA) is 109 Å². The Morgan fingerprint density at radius 1 is 0.950 bits per heavy atom. The van der Waals surface area contributed by atoms with Crippen LogP contribution in [0.4, 0.5) is 0 Å². The van der Waals surface area contributed by atoms with Gasteiger partial charge in [-0.1, -0.05) is 24.3 Å². The molecular weight excluding hydrogens is 264 g/mol. The summed E-state index contributed by atoms with van der Waals surface area (Å²) in [5.74, 6) is -2.11. The number of fused-ring (bicyclic) bond motifs is 1. The van der Waals surface area contributed by atoms with Gasteiger partial charge in [0.25, 0.3) is 0 Å². The van der Waals surface area contributed by atoms with Gasteiger partial charge in [0.15, 0.2) is 0 Å². The Morgan fingerprint density at radius 2 is 1.55 bits per heavy atom. The Labute approximate surface area is 113 Å². The number of carbonyl (C=O) groups excluding carboxylic acids is 2. The second-order valence-corrected chi connectivity index (χ2v) is 3.85. The van der Waals surface area contributed by atoms with Gasteiger partial charge in [-0.15, -0.1) is 0 Å². The fourth-order valence-corrected chi connectivity index (χ4v) is 1.94. The quantitative estimate of drug-likeness (QED) is 0.866. The standard InChI is InChI=1S/C13H10O4.CO2/c1-7-5-6-8-9(11(7)13(16)17)3-2-4-10(8)12(14)15;2-1-3/h2-6H,1H3,(H,14,15)(H,16,17);. The Hall–Kier alpha value is -2.98. The molecule has 0 fully saturated rings. The van der Waals surface area contributed by atoms with E-state index in [0.717, 1.165) is 0 Å². The third-order valence-electron chi connectivity index (χ3n) is 2.71. The number of rotatable bonds is 2. The Kier molecular flexibility index (Phi) is 4.72. The molecule has 0 heterocycles. The highest BCUT2D eigenvalue weighted by molar-refractivity contribution is 6.11. The number of hydrogen-bond acceptors (Lipinski definition) is 4. The summed E-state index contributed by atoms with van der Waals surface area (Å²) < 4.78 is 0. The van der Waals surface area contributed by atoms with Gasteiger partial charge in [0.05, 0.1) is 11.1 Å². The molecule has 0 spiro atoms. The van der Waals surface area contributed by atoms with E-state index in [1.165, 1.54) is 6.07 Å². The van der Waals surface area contributed by atoms with Crippen LogP contribution in [0.1, 0.15) is 26.3 Å². The van der Waals surface area contributed by atoms with Crippen LogP contribution in [0, 0.1) is 6.92 Å². The van der Waals surface area contributed by atoms with Crippen LogP contribution in [0.25, 0.3) is 10.8 Å². The molecule has 2 N–H and O–H groups in total. The zero-order valence-corrected chi connectivity index (χ0v) is 10.4. The molecule has 2 aromatic carbocycles. The number of carboxylic acids is 2. The third-order valence-corrected chi connectivity index (χ3v) is 2.71. The van der Waals surface area contributed by atoms with Crippen LogP contribution in [0.3, 0.4) is 0 Å². The van der Waals surface area contributed by atoms with Crippen molar-refractivity contribution in [2.75, 3.05) is 0 Å². The van der Waals surface area contributed by atoms with Crippen molar-refractivity contribution in [2.24, 2.45) is 0 Å². The predicted molar refractivity (Wildman–Crippen MR) is 67.6 cm³/mol. The third kappa shape index (κ3) is 2.88. The molecule has 2 rings (SSSR count). The molecule has 0 aliphatic carbocycles. The predicted octanol–water partition coefficient (Wildman–Crippen LogP) is 1.96. The molecular formula is C14H10O6. The normalized spacial score (nSPS) is 9.25. The molecule has 6 heteroatoms. The lowest BCUT2D eigenvalue weighted by Gasteiger charge is -2.08. The van der Waals surface area contributed by atoms with Gasteiger partial charge < -0.3 is 10.2 Å². The first-order valence-electron chi connectivity index (χ1n) is 5.42. The second-order valence-electron chi connectivity index (χ2n) is 3.85. The SMILES string of the molecule is Cc1ccc2c(C(=O)O)cccc2c1C(=O)O.O=C=O. The summed E-state index contributed by atoms with van der Waals surface area (Å²) in [7, 11) is 0. The number of benzene rings is 2. The van der Waals surface area contributed by atoms with Crippen molar-refractivity contribution < 1.29 is 29.4 Å². The molecule has 6 nitrogen and oxygen atoms in total. The maximum Gasteiger partial charge on any atom is 0.373 e. The van der Waals surface area contributed by atoms with E-state index in [1.807, 2.05) is 0 Å². The van der Waals surface area contributed by atoms with Crippen LogP contribution in [0.15, 0.2) is 30.3 Å². The molecule has 2 aromatic rings. The average molecular weight is 274 g/mol. The first-order chi connectivity index (χ1) is 9.43. The maximum absolute atomic E-state index is 11.2. The van der Waals surface area contributed by atoms with Gasteiger partial charge >= 0.3 is 18.1 Å². The summed E-state index contributed by atoms with van der Waals surface area (Å²) in [6, 6.07) is 7.90. The highest BCUT2D eigenvalue weighted by atomic mass is 16.4. The number of aromatic carboxylic acids is 2. The molecule has 102 valence electrons. The summed E-state index contributed by atoms with van der Waals surface area (Å²) in [5.41, 5.74) is 0.892. The minimum atomic E-state index is -1.06. The summed E-state index contributed by atoms with van der Waals surface area (Å²) in [4.78, 5) is 38.5. The maximum atomic E-state index is 11.2. The van der Waals surface area contributed by atoms with E-state index < -0.39 is 11.9 Å². The lowest BCUT2D eigenvalue weighted by atomic mass is 9.96. The number of hydrogen-bond donors (Lipinski definition) is 2. The summed E-state index contributed by atoms with van der Waals surface area (Å²) in [6.45, 7) is 1.69. The van der Waals surface area contributed by atoms with Crippen LogP contribution in [0.2, 0.25) is 0 Å². The molecule has 0 amide bonds. The molecule has 0 saturated carbocycles. The minimum Gasteiger partial charge on any atom is -0.478 e. The van der Waals surface area contributed by atoms with Crippen LogP contribution >= 0.6 is 0 Å². The molecule has 0 aliphatic rings. The molecule has 20 heavy (non-hydrogen) atoms. The highest BCUT2D eigenvalue weighted by Gasteiger charge is 2.15. The fourth-order valence-electron chi connectivity index (χ4n) is 1.94. The van der Waals surface area contributed by atoms with E-state index in [4.69, 9.17) is 19.8 Å². The van der Waals surface area contributed by atoms with E-state index in [2.05, 4.69) is 0 Å². The molecule has 0 saturated heterocycles. The lowest BCUT2D eigenvalue weighted by Crippen LogP contribution is -2.03. The summed E-state index contributed by atoms with van der Waals surface area (Å²) in [6.07, 6.45) is 0.250. The Morgan fingerprint density at radius 3 is 2.05 bits per heavy atom. The summed E-state index contributed by atoms with van der Waals surface area (Å²) >= 11 is 0. The lowest BCUT2D eigenvalue weighted by molar-refractivity contribution is -0.191. The van der Waals surface area contributed by atoms with Gasteiger partial charge in [-0.05, 0) is 29.3 Å². The van der Waals surface area contributed by atoms with Gasteiger partial charge in [-0.25, -0.2) is 9.59 Å². The van der Waals surface area contributed by atoms with Gasteiger partial charge in [0.2, 0.25) is 0 Å². The molecule has 0 radical (unpaired) electrons. The summed E-state index contributed by atoms with van der Waals surface area (Å²) in [5, 5.41) is 19.1. The first kappa shape index (κ1) is 15.1. The van der Waals surface area contributed by atoms with Crippen LogP contribution in [-0.4, -0.2) is 28.3 Å². The van der Waals surface area contributed by atoms with Crippen molar-refractivity contribution in [3.8, 4) is 0 Å². The van der Waals surface area contributed by atoms with Crippen molar-refractivity contribution in [3.05, 3.63) is 47.0 Å². The number of aryl methyl sites for hydroxylation is 1. The van der Waals surface area contributed by atoms with Crippen molar-refractivity contribution in [1.82, 2.24) is 0 Å². The van der Waals surface area contributed by atoms with Crippen LogP contribution < -0.4 is 0 Å². The Bertz CT molecular complexity index is 711. The van der Waals surface area contributed by atoms with E-state index in [1.54, 1.807) is 31.2 Å². The van der Waals surface area contributed by atoms with E-state index >= 15 is 0 Å². The second kappa shape index (κ2) is 6.26. The van der Waals surface area contributed by atoms with Crippen molar-refractivity contribution in [1.29, 1.82) is 0 Å². The molecule has 0 atom stereocenters. The Balaban J connectivity index is 0.000000612. The molecule has 0 bridgehead atoms. The van der Waals surface area contributed by atoms with Gasteiger partial charge in [-0.2, -0.15) is 9.59 Å². The van der Waals surface area contributed by atoms with Crippen LogP contribution in [0.5, 0.6) is 0 Å². The van der Waals surface area contributed by atoms with Gasteiger partial charge in [0.1, 0.15) is 0 Å². The number of carboxylic acid groups (broad SMARTS) is 2. The minimum absolute atomic E-state index is 0.116. The molecule has 0 aromatic heterocycles. The van der Waals surface area contributed by atoms with Gasteiger partial charge in [0, 0.05) is 0 Å². The van der Waals surface area contributed by atoms with E-state index in [0.29, 0.717) is 16.3 Å². The van der Waals surface area contributed by atoms with Gasteiger partial charge in [-0.3, -0.25) is 0 Å². The van der Waals surface area contributed by atoms with Crippen LogP contribution in [-0.2, 0) is 9.59 Å². The highest BCUT2D eigenvalue weighted by Crippen LogP contribution is 2.25. The zero-order chi connectivity index (χ0) is 15.3. The van der Waals surface area contributed by atoms with Crippen molar-refractivity contribution in [2.45, 2.75) is 6.92 Å². The largest absolute Gasteiger partial charge is 0.478 e. The first-order valence-corrected chi connectivity index (χ1v) is 5.42. The fraction of sp³-hybridized carbons (Fsp3) is 0.0714. The average Bonchev–Trinajstić information content (AvgIpc) is 2.37. The van der Waals surface area contributed by atoms with Crippen molar-refractivity contribution >= 4 is 28.9 Å². The van der Waals surface area contributed by atoms with Crippen molar-refractivity contribution in [3.63, 3.8) is 0 Å². The monoisotopic (exact) mass is 274 g/mol. The smallest absolute Gasteiger partial charge is 0.373 e. The zero-order valence-electron chi connectivity index (χ0n) is 10.4. The molecule has 0 aliphatic heterocycles.